The van der Waals surface area contributed by atoms with Crippen molar-refractivity contribution in [3.63, 3.8) is 0 Å². The van der Waals surface area contributed by atoms with E-state index in [1.54, 1.807) is 30.6 Å². The molecular formula is C19H22IN3O4. The SMILES string of the molecule is CCc1cc(OCCC2CN(c3cnc(I)cn3)CCO2)ccc1C(=O)O. The van der Waals surface area contributed by atoms with Crippen molar-refractivity contribution in [1.82, 2.24) is 9.97 Å². The first-order chi connectivity index (χ1) is 13.1. The number of morpholine rings is 1. The first kappa shape index (κ1) is 19.8. The van der Waals surface area contributed by atoms with Crippen LogP contribution in [0.3, 0.4) is 0 Å². The molecule has 2 heterocycles. The smallest absolute Gasteiger partial charge is 0.335 e. The van der Waals surface area contributed by atoms with Gasteiger partial charge in [0.15, 0.2) is 0 Å². The van der Waals surface area contributed by atoms with E-state index in [1.165, 1.54) is 0 Å². The molecule has 1 N–H and O–H groups in total. The Hall–Kier alpha value is -1.94. The van der Waals surface area contributed by atoms with Crippen molar-refractivity contribution in [3.05, 3.63) is 45.4 Å². The number of nitrogens with zero attached hydrogens (tertiary/aromatic N) is 3. The van der Waals surface area contributed by atoms with Crippen LogP contribution < -0.4 is 9.64 Å². The van der Waals surface area contributed by atoms with E-state index in [0.717, 1.165) is 34.6 Å². The molecule has 0 bridgehead atoms. The van der Waals surface area contributed by atoms with Gasteiger partial charge in [-0.3, -0.25) is 0 Å². The van der Waals surface area contributed by atoms with Gasteiger partial charge in [0.25, 0.3) is 0 Å². The van der Waals surface area contributed by atoms with E-state index in [2.05, 4.69) is 37.5 Å². The molecule has 1 atom stereocenters. The third-order valence-corrected chi connectivity index (χ3v) is 5.02. The number of carbonyl (C=O) groups is 1. The first-order valence-electron chi connectivity index (χ1n) is 8.90. The average molecular weight is 483 g/mol. The molecule has 7 nitrogen and oxygen atoms in total. The van der Waals surface area contributed by atoms with E-state index >= 15 is 0 Å². The number of aryl methyl sites for hydroxylation is 1. The summed E-state index contributed by atoms with van der Waals surface area (Å²) in [5.74, 6) is 0.641. The minimum atomic E-state index is -0.909. The maximum absolute atomic E-state index is 11.2. The molecule has 1 aromatic heterocycles. The number of anilines is 1. The van der Waals surface area contributed by atoms with Crippen LogP contribution in [0.1, 0.15) is 29.3 Å². The highest BCUT2D eigenvalue weighted by atomic mass is 127. The number of carboxylic acid groups (broad SMARTS) is 1. The van der Waals surface area contributed by atoms with E-state index in [9.17, 15) is 9.90 Å². The maximum Gasteiger partial charge on any atom is 0.335 e. The summed E-state index contributed by atoms with van der Waals surface area (Å²) in [6.07, 6.45) is 5.00. The van der Waals surface area contributed by atoms with Crippen molar-refractivity contribution < 1.29 is 19.4 Å². The predicted octanol–water partition coefficient (Wildman–Crippen LogP) is 3.02. The Bertz CT molecular complexity index is 785. The van der Waals surface area contributed by atoms with Crippen molar-refractivity contribution in [3.8, 4) is 5.75 Å². The molecule has 1 aliphatic heterocycles. The van der Waals surface area contributed by atoms with Gasteiger partial charge in [0.05, 0.1) is 37.3 Å². The Balaban J connectivity index is 1.53. The molecule has 0 aliphatic carbocycles. The number of carboxylic acids is 1. The predicted molar refractivity (Wildman–Crippen MR) is 110 cm³/mol. The Morgan fingerprint density at radius 1 is 1.41 bits per heavy atom. The monoisotopic (exact) mass is 483 g/mol. The van der Waals surface area contributed by atoms with Crippen LogP contribution >= 0.6 is 22.6 Å². The normalized spacial score (nSPS) is 17.0. The van der Waals surface area contributed by atoms with Gasteiger partial charge >= 0.3 is 5.97 Å². The molecule has 1 fully saturated rings. The van der Waals surface area contributed by atoms with E-state index in [4.69, 9.17) is 9.47 Å². The molecule has 0 radical (unpaired) electrons. The molecule has 144 valence electrons. The maximum atomic E-state index is 11.2. The lowest BCUT2D eigenvalue weighted by molar-refractivity contribution is 0.0266. The number of hydrogen-bond acceptors (Lipinski definition) is 6. The van der Waals surface area contributed by atoms with E-state index in [1.807, 2.05) is 6.92 Å². The zero-order valence-corrected chi connectivity index (χ0v) is 17.3. The van der Waals surface area contributed by atoms with Crippen molar-refractivity contribution in [1.29, 1.82) is 0 Å². The minimum Gasteiger partial charge on any atom is -0.493 e. The summed E-state index contributed by atoms with van der Waals surface area (Å²) >= 11 is 2.14. The van der Waals surface area contributed by atoms with Gasteiger partial charge in [-0.05, 0) is 52.8 Å². The largest absolute Gasteiger partial charge is 0.493 e. The van der Waals surface area contributed by atoms with Crippen LogP contribution in [-0.2, 0) is 11.2 Å². The zero-order valence-electron chi connectivity index (χ0n) is 15.1. The summed E-state index contributed by atoms with van der Waals surface area (Å²) in [7, 11) is 0. The van der Waals surface area contributed by atoms with Crippen molar-refractivity contribution in [2.24, 2.45) is 0 Å². The van der Waals surface area contributed by atoms with Crippen LogP contribution in [0, 0.1) is 3.70 Å². The molecule has 0 saturated carbocycles. The summed E-state index contributed by atoms with van der Waals surface area (Å²) in [4.78, 5) is 22.1. The Morgan fingerprint density at radius 2 is 2.26 bits per heavy atom. The molecular weight excluding hydrogens is 461 g/mol. The highest BCUT2D eigenvalue weighted by molar-refractivity contribution is 14.1. The molecule has 27 heavy (non-hydrogen) atoms. The number of rotatable bonds is 7. The van der Waals surface area contributed by atoms with Crippen LogP contribution in [-0.4, -0.2) is 53.5 Å². The molecule has 1 saturated heterocycles. The molecule has 1 aliphatic rings. The standard InChI is InChI=1S/C19H22IN3O4/c1-2-13-9-14(3-4-16(13)19(24)25)26-7-5-15-12-23(6-8-27-15)18-11-21-17(20)10-22-18/h3-4,9-11,15H,2,5-8,12H2,1H3,(H,24,25). The van der Waals surface area contributed by atoms with Crippen LogP contribution in [0.2, 0.25) is 0 Å². The second-order valence-electron chi connectivity index (χ2n) is 6.25. The summed E-state index contributed by atoms with van der Waals surface area (Å²) in [5, 5.41) is 9.20. The van der Waals surface area contributed by atoms with Gasteiger partial charge in [-0.15, -0.1) is 0 Å². The van der Waals surface area contributed by atoms with Crippen LogP contribution in [0.5, 0.6) is 5.75 Å². The van der Waals surface area contributed by atoms with Gasteiger partial charge in [0, 0.05) is 19.5 Å². The topological polar surface area (TPSA) is 84.8 Å². The van der Waals surface area contributed by atoms with Gasteiger partial charge < -0.3 is 19.5 Å². The molecule has 1 unspecified atom stereocenters. The van der Waals surface area contributed by atoms with Crippen molar-refractivity contribution >= 4 is 34.4 Å². The van der Waals surface area contributed by atoms with E-state index in [0.29, 0.717) is 30.9 Å². The summed E-state index contributed by atoms with van der Waals surface area (Å²) in [6, 6.07) is 5.11. The fourth-order valence-corrected chi connectivity index (χ4v) is 3.32. The van der Waals surface area contributed by atoms with Gasteiger partial charge in [0.2, 0.25) is 0 Å². The van der Waals surface area contributed by atoms with E-state index < -0.39 is 5.97 Å². The van der Waals surface area contributed by atoms with Crippen LogP contribution in [0.15, 0.2) is 30.6 Å². The highest BCUT2D eigenvalue weighted by Gasteiger charge is 2.22. The lowest BCUT2D eigenvalue weighted by Gasteiger charge is -2.33. The third-order valence-electron chi connectivity index (χ3n) is 4.47. The minimum absolute atomic E-state index is 0.0590. The average Bonchev–Trinajstić information content (AvgIpc) is 2.68. The molecule has 8 heteroatoms. The van der Waals surface area contributed by atoms with Gasteiger partial charge in [-0.25, -0.2) is 14.8 Å². The van der Waals surface area contributed by atoms with E-state index in [-0.39, 0.29) is 6.10 Å². The molecule has 1 aromatic carbocycles. The number of aromatic carboxylic acids is 1. The zero-order chi connectivity index (χ0) is 19.2. The third kappa shape index (κ3) is 5.29. The lowest BCUT2D eigenvalue weighted by Crippen LogP contribution is -2.43. The molecule has 2 aromatic rings. The quantitative estimate of drug-likeness (QED) is 0.607. The Morgan fingerprint density at radius 3 is 2.96 bits per heavy atom. The molecule has 0 spiro atoms. The number of hydrogen-bond donors (Lipinski definition) is 1. The second kappa shape index (κ2) is 9.32. The number of benzene rings is 1. The highest BCUT2D eigenvalue weighted by Crippen LogP contribution is 2.20. The summed E-state index contributed by atoms with van der Waals surface area (Å²) < 4.78 is 12.5. The van der Waals surface area contributed by atoms with Gasteiger partial charge in [-0.1, -0.05) is 6.92 Å². The molecule has 0 amide bonds. The van der Waals surface area contributed by atoms with Crippen molar-refractivity contribution in [2.75, 3.05) is 31.2 Å². The number of aromatic nitrogens is 2. The second-order valence-corrected chi connectivity index (χ2v) is 7.36. The Labute approximate surface area is 171 Å². The number of halogens is 1. The Kier molecular flexibility index (Phi) is 6.84. The first-order valence-corrected chi connectivity index (χ1v) is 9.97. The lowest BCUT2D eigenvalue weighted by atomic mass is 10.1. The van der Waals surface area contributed by atoms with Crippen LogP contribution in [0.4, 0.5) is 5.82 Å². The number of ether oxygens (including phenoxy) is 2. The summed E-state index contributed by atoms with van der Waals surface area (Å²) in [5.41, 5.74) is 1.10. The molecule has 3 rings (SSSR count). The van der Waals surface area contributed by atoms with Gasteiger partial charge in [-0.2, -0.15) is 0 Å². The summed E-state index contributed by atoms with van der Waals surface area (Å²) in [6.45, 7) is 4.63. The van der Waals surface area contributed by atoms with Gasteiger partial charge in [0.1, 0.15) is 15.3 Å². The van der Waals surface area contributed by atoms with Crippen molar-refractivity contribution in [2.45, 2.75) is 25.9 Å². The fourth-order valence-electron chi connectivity index (χ4n) is 3.04. The van der Waals surface area contributed by atoms with Crippen LogP contribution in [0.25, 0.3) is 0 Å². The fraction of sp³-hybridized carbons (Fsp3) is 0.421.